The Labute approximate surface area is 99.6 Å². The smallest absolute Gasteiger partial charge is 0.242 e. The summed E-state index contributed by atoms with van der Waals surface area (Å²) in [6.45, 7) is 3.83. The largest absolute Gasteiger partial charge is 0.322 e. The van der Waals surface area contributed by atoms with Crippen molar-refractivity contribution in [1.82, 2.24) is 10.6 Å². The summed E-state index contributed by atoms with van der Waals surface area (Å²) in [5.41, 5.74) is 0.764. The number of hydrogen-bond acceptors (Lipinski definition) is 3. The van der Waals surface area contributed by atoms with Gasteiger partial charge in [0, 0.05) is 19.6 Å². The van der Waals surface area contributed by atoms with Crippen molar-refractivity contribution >= 4 is 11.6 Å². The van der Waals surface area contributed by atoms with Gasteiger partial charge in [0.05, 0.1) is 11.7 Å². The summed E-state index contributed by atoms with van der Waals surface area (Å²) in [4.78, 5) is 11.9. The van der Waals surface area contributed by atoms with Gasteiger partial charge < -0.3 is 16.0 Å². The molecule has 1 fully saturated rings. The van der Waals surface area contributed by atoms with E-state index >= 15 is 0 Å². The molecule has 1 unspecified atom stereocenters. The molecule has 1 aromatic rings. The Bertz CT molecular complexity index is 416. The van der Waals surface area contributed by atoms with Crippen LogP contribution in [0, 0.1) is 12.7 Å². The normalized spacial score (nSPS) is 20.0. The number of carbonyl (C=O) groups is 1. The Morgan fingerprint density at radius 2 is 2.29 bits per heavy atom. The van der Waals surface area contributed by atoms with Crippen molar-refractivity contribution in [2.24, 2.45) is 0 Å². The van der Waals surface area contributed by atoms with Crippen LogP contribution in [0.4, 0.5) is 10.1 Å². The zero-order valence-electron chi connectivity index (χ0n) is 9.72. The lowest BCUT2D eigenvalue weighted by Crippen LogP contribution is -2.54. The van der Waals surface area contributed by atoms with Crippen molar-refractivity contribution in [3.05, 3.63) is 29.6 Å². The van der Waals surface area contributed by atoms with Crippen LogP contribution >= 0.6 is 0 Å². The topological polar surface area (TPSA) is 53.2 Å². The molecule has 1 aliphatic rings. The van der Waals surface area contributed by atoms with Crippen LogP contribution < -0.4 is 16.0 Å². The maximum absolute atomic E-state index is 13.7. The number of aryl methyl sites for hydroxylation is 1. The average Bonchev–Trinajstić information content (AvgIpc) is 2.36. The second kappa shape index (κ2) is 5.25. The van der Waals surface area contributed by atoms with Crippen LogP contribution in [-0.2, 0) is 4.79 Å². The van der Waals surface area contributed by atoms with Crippen molar-refractivity contribution in [3.63, 3.8) is 0 Å². The van der Waals surface area contributed by atoms with Gasteiger partial charge in [-0.3, -0.25) is 4.79 Å². The number of carbonyl (C=O) groups excluding carboxylic acids is 1. The molecule has 1 aromatic carbocycles. The molecule has 0 aromatic heterocycles. The number of nitrogens with one attached hydrogen (secondary N) is 3. The summed E-state index contributed by atoms with van der Waals surface area (Å²) < 4.78 is 13.7. The van der Waals surface area contributed by atoms with Gasteiger partial charge in [0.15, 0.2) is 0 Å². The molecule has 1 amide bonds. The first-order valence-electron chi connectivity index (χ1n) is 5.68. The van der Waals surface area contributed by atoms with Gasteiger partial charge in [-0.05, 0) is 18.6 Å². The van der Waals surface area contributed by atoms with E-state index in [-0.39, 0.29) is 23.5 Å². The highest BCUT2D eigenvalue weighted by Gasteiger charge is 2.21. The molecule has 0 bridgehead atoms. The summed E-state index contributed by atoms with van der Waals surface area (Å²) in [7, 11) is 0. The van der Waals surface area contributed by atoms with E-state index in [9.17, 15) is 9.18 Å². The number of halogens is 1. The molecule has 5 heteroatoms. The Balaban J connectivity index is 2.04. The van der Waals surface area contributed by atoms with Crippen LogP contribution in [0.3, 0.4) is 0 Å². The number of piperazine rings is 1. The van der Waals surface area contributed by atoms with E-state index in [1.807, 2.05) is 0 Å². The second-order valence-corrected chi connectivity index (χ2v) is 4.14. The molecule has 0 saturated carbocycles. The Hall–Kier alpha value is -1.46. The van der Waals surface area contributed by atoms with Gasteiger partial charge in [-0.25, -0.2) is 4.39 Å². The molecule has 1 saturated heterocycles. The van der Waals surface area contributed by atoms with Crippen molar-refractivity contribution < 1.29 is 9.18 Å². The third kappa shape index (κ3) is 2.81. The molecule has 4 nitrogen and oxygen atoms in total. The van der Waals surface area contributed by atoms with Crippen molar-refractivity contribution in [2.75, 3.05) is 25.0 Å². The number of amides is 1. The van der Waals surface area contributed by atoms with E-state index < -0.39 is 0 Å². The first-order chi connectivity index (χ1) is 8.18. The van der Waals surface area contributed by atoms with E-state index in [1.54, 1.807) is 25.1 Å². The predicted molar refractivity (Wildman–Crippen MR) is 64.4 cm³/mol. The van der Waals surface area contributed by atoms with E-state index in [2.05, 4.69) is 16.0 Å². The molecule has 0 radical (unpaired) electrons. The maximum atomic E-state index is 13.7. The third-order valence-corrected chi connectivity index (χ3v) is 2.81. The first kappa shape index (κ1) is 12.0. The zero-order valence-corrected chi connectivity index (χ0v) is 9.72. The fourth-order valence-corrected chi connectivity index (χ4v) is 1.80. The summed E-state index contributed by atoms with van der Waals surface area (Å²) in [5, 5.41) is 8.79. The van der Waals surface area contributed by atoms with Crippen molar-refractivity contribution in [1.29, 1.82) is 0 Å². The van der Waals surface area contributed by atoms with Crippen molar-refractivity contribution in [3.8, 4) is 0 Å². The molecule has 3 N–H and O–H groups in total. The van der Waals surface area contributed by atoms with E-state index in [4.69, 9.17) is 0 Å². The molecule has 1 atom stereocenters. The summed E-state index contributed by atoms with van der Waals surface area (Å²) in [6, 6.07) is 4.66. The summed E-state index contributed by atoms with van der Waals surface area (Å²) in [5.74, 6) is -0.577. The molecule has 2 rings (SSSR count). The van der Waals surface area contributed by atoms with E-state index in [0.717, 1.165) is 13.1 Å². The minimum absolute atomic E-state index is 0.207. The van der Waals surface area contributed by atoms with Gasteiger partial charge >= 0.3 is 0 Å². The van der Waals surface area contributed by atoms with Gasteiger partial charge in [-0.15, -0.1) is 0 Å². The minimum atomic E-state index is -0.371. The van der Waals surface area contributed by atoms with Crippen LogP contribution in [0.2, 0.25) is 0 Å². The fraction of sp³-hybridized carbons (Fsp3) is 0.417. The highest BCUT2D eigenvalue weighted by Crippen LogP contribution is 2.17. The molecule has 0 spiro atoms. The number of rotatable bonds is 2. The quantitative estimate of drug-likeness (QED) is 0.707. The lowest BCUT2D eigenvalue weighted by atomic mass is 10.2. The number of hydrogen-bond donors (Lipinski definition) is 3. The molecule has 1 heterocycles. The predicted octanol–water partition coefficient (Wildman–Crippen LogP) is 0.634. The Kier molecular flexibility index (Phi) is 3.71. The first-order valence-corrected chi connectivity index (χ1v) is 5.68. The molecule has 92 valence electrons. The van der Waals surface area contributed by atoms with Crippen LogP contribution in [-0.4, -0.2) is 31.6 Å². The van der Waals surface area contributed by atoms with Crippen molar-refractivity contribution in [2.45, 2.75) is 13.0 Å². The van der Waals surface area contributed by atoms with Crippen LogP contribution in [0.5, 0.6) is 0 Å². The maximum Gasteiger partial charge on any atom is 0.242 e. The summed E-state index contributed by atoms with van der Waals surface area (Å²) in [6.07, 6.45) is 0. The Morgan fingerprint density at radius 3 is 3.00 bits per heavy atom. The van der Waals surface area contributed by atoms with Gasteiger partial charge in [0.1, 0.15) is 5.82 Å². The van der Waals surface area contributed by atoms with Crippen LogP contribution in [0.15, 0.2) is 18.2 Å². The molecule has 0 aliphatic carbocycles. The molecular weight excluding hydrogens is 221 g/mol. The van der Waals surface area contributed by atoms with Crippen LogP contribution in [0.25, 0.3) is 0 Å². The highest BCUT2D eigenvalue weighted by atomic mass is 19.1. The molecular formula is C12H16FN3O. The monoisotopic (exact) mass is 237 g/mol. The fourth-order valence-electron chi connectivity index (χ4n) is 1.80. The summed E-state index contributed by atoms with van der Waals surface area (Å²) >= 11 is 0. The Morgan fingerprint density at radius 1 is 1.47 bits per heavy atom. The molecule has 1 aliphatic heterocycles. The SMILES string of the molecule is Cc1cccc(NC(=O)C2CNCCN2)c1F. The van der Waals surface area contributed by atoms with Gasteiger partial charge in [0.25, 0.3) is 0 Å². The van der Waals surface area contributed by atoms with E-state index in [0.29, 0.717) is 12.1 Å². The third-order valence-electron chi connectivity index (χ3n) is 2.81. The minimum Gasteiger partial charge on any atom is -0.322 e. The number of benzene rings is 1. The lowest BCUT2D eigenvalue weighted by molar-refractivity contribution is -0.118. The van der Waals surface area contributed by atoms with Gasteiger partial charge in [-0.1, -0.05) is 12.1 Å². The van der Waals surface area contributed by atoms with Gasteiger partial charge in [0.2, 0.25) is 5.91 Å². The average molecular weight is 237 g/mol. The standard InChI is InChI=1S/C12H16FN3O/c1-8-3-2-4-9(11(8)13)16-12(17)10-7-14-5-6-15-10/h2-4,10,14-15H,5-7H2,1H3,(H,16,17). The van der Waals surface area contributed by atoms with Crippen LogP contribution in [0.1, 0.15) is 5.56 Å². The molecule has 17 heavy (non-hydrogen) atoms. The zero-order chi connectivity index (χ0) is 12.3. The second-order valence-electron chi connectivity index (χ2n) is 4.14. The van der Waals surface area contributed by atoms with Gasteiger partial charge in [-0.2, -0.15) is 0 Å². The lowest BCUT2D eigenvalue weighted by Gasteiger charge is -2.23. The highest BCUT2D eigenvalue weighted by molar-refractivity contribution is 5.95. The van der Waals surface area contributed by atoms with E-state index in [1.165, 1.54) is 0 Å². The number of anilines is 1.